The maximum Gasteiger partial charge on any atom is 0.265 e. The van der Waals surface area contributed by atoms with Crippen LogP contribution in [0.1, 0.15) is 38.1 Å². The van der Waals surface area contributed by atoms with Crippen LogP contribution in [0, 0.1) is 6.92 Å². The first-order chi connectivity index (χ1) is 12.5. The lowest BCUT2D eigenvalue weighted by Gasteiger charge is -2.05. The Balaban J connectivity index is 1.58. The molecule has 0 bridgehead atoms. The van der Waals surface area contributed by atoms with Crippen molar-refractivity contribution in [1.82, 2.24) is 0 Å². The van der Waals surface area contributed by atoms with Crippen LogP contribution in [0.25, 0.3) is 0 Å². The van der Waals surface area contributed by atoms with Crippen LogP contribution in [0.4, 0.5) is 5.69 Å². The number of thiophene rings is 1. The molecular weight excluding hydrogens is 346 g/mol. The molecule has 3 aromatic rings. The minimum Gasteiger partial charge on any atom is -0.489 e. The fourth-order valence-corrected chi connectivity index (χ4v) is 3.14. The maximum absolute atomic E-state index is 12.3. The van der Waals surface area contributed by atoms with Crippen molar-refractivity contribution in [3.05, 3.63) is 81.5 Å². The molecule has 0 spiro atoms. The summed E-state index contributed by atoms with van der Waals surface area (Å²) in [4.78, 5) is 24.2. The number of aryl methyl sites for hydroxylation is 1. The molecule has 1 heterocycles. The number of amides is 1. The molecule has 0 saturated carbocycles. The van der Waals surface area contributed by atoms with Gasteiger partial charge in [-0.2, -0.15) is 0 Å². The fourth-order valence-electron chi connectivity index (χ4n) is 2.35. The molecule has 4 nitrogen and oxygen atoms in total. The Morgan fingerprint density at radius 2 is 1.73 bits per heavy atom. The number of nitrogens with one attached hydrogen (secondary N) is 1. The van der Waals surface area contributed by atoms with Crippen LogP contribution in [0.5, 0.6) is 5.75 Å². The standard InChI is InChI=1S/C21H19NO3S/c1-14-3-9-19(10-4-14)25-12-16-11-20(26-13-16)21(24)22-18-7-5-17(6-8-18)15(2)23/h3-11,13H,12H2,1-2H3,(H,22,24). The van der Waals surface area contributed by atoms with Crippen molar-refractivity contribution in [3.8, 4) is 5.75 Å². The van der Waals surface area contributed by atoms with Crippen LogP contribution < -0.4 is 10.1 Å². The minimum absolute atomic E-state index is 0.000600. The van der Waals surface area contributed by atoms with Crippen molar-refractivity contribution >= 4 is 28.7 Å². The lowest BCUT2D eigenvalue weighted by Crippen LogP contribution is -2.10. The number of hydrogen-bond donors (Lipinski definition) is 1. The van der Waals surface area contributed by atoms with Gasteiger partial charge < -0.3 is 10.1 Å². The summed E-state index contributed by atoms with van der Waals surface area (Å²) in [7, 11) is 0. The minimum atomic E-state index is -0.174. The Hall–Kier alpha value is -2.92. The summed E-state index contributed by atoms with van der Waals surface area (Å²) in [6.45, 7) is 3.96. The third-order valence-corrected chi connectivity index (χ3v) is 4.83. The normalized spacial score (nSPS) is 10.4. The van der Waals surface area contributed by atoms with Crippen LogP contribution >= 0.6 is 11.3 Å². The number of ketones is 1. The second kappa shape index (κ2) is 7.97. The number of carbonyl (C=O) groups excluding carboxylic acids is 2. The Labute approximate surface area is 156 Å². The number of rotatable bonds is 6. The molecular formula is C21H19NO3S. The molecule has 3 rings (SSSR count). The largest absolute Gasteiger partial charge is 0.489 e. The van der Waals surface area contributed by atoms with Gasteiger partial charge in [-0.05, 0) is 61.7 Å². The number of hydrogen-bond acceptors (Lipinski definition) is 4. The van der Waals surface area contributed by atoms with E-state index < -0.39 is 0 Å². The fraction of sp³-hybridized carbons (Fsp3) is 0.143. The SMILES string of the molecule is CC(=O)c1ccc(NC(=O)c2cc(COc3ccc(C)cc3)cs2)cc1. The van der Waals surface area contributed by atoms with E-state index in [-0.39, 0.29) is 11.7 Å². The van der Waals surface area contributed by atoms with Gasteiger partial charge in [0, 0.05) is 16.8 Å². The number of benzene rings is 2. The molecule has 26 heavy (non-hydrogen) atoms. The van der Waals surface area contributed by atoms with Crippen molar-refractivity contribution in [2.45, 2.75) is 20.5 Å². The highest BCUT2D eigenvalue weighted by Gasteiger charge is 2.10. The second-order valence-electron chi connectivity index (χ2n) is 6.01. The molecule has 2 aromatic carbocycles. The van der Waals surface area contributed by atoms with Gasteiger partial charge in [0.25, 0.3) is 5.91 Å². The lowest BCUT2D eigenvalue weighted by atomic mass is 10.1. The molecule has 0 aliphatic carbocycles. The lowest BCUT2D eigenvalue weighted by molar-refractivity contribution is 0.101. The molecule has 1 amide bonds. The summed E-state index contributed by atoms with van der Waals surface area (Å²) in [5, 5.41) is 4.76. The molecule has 0 atom stereocenters. The van der Waals surface area contributed by atoms with E-state index in [0.717, 1.165) is 11.3 Å². The maximum atomic E-state index is 12.3. The van der Waals surface area contributed by atoms with Gasteiger partial charge in [-0.25, -0.2) is 0 Å². The van der Waals surface area contributed by atoms with Gasteiger partial charge in [-0.15, -0.1) is 11.3 Å². The average Bonchev–Trinajstić information content (AvgIpc) is 3.11. The Kier molecular flexibility index (Phi) is 5.49. The highest BCUT2D eigenvalue weighted by molar-refractivity contribution is 7.12. The summed E-state index contributed by atoms with van der Waals surface area (Å²) < 4.78 is 5.74. The van der Waals surface area contributed by atoms with E-state index in [2.05, 4.69) is 5.32 Å². The first-order valence-corrected chi connectivity index (χ1v) is 9.08. The van der Waals surface area contributed by atoms with Crippen molar-refractivity contribution in [3.63, 3.8) is 0 Å². The van der Waals surface area contributed by atoms with E-state index >= 15 is 0 Å². The van der Waals surface area contributed by atoms with Gasteiger partial charge >= 0.3 is 0 Å². The smallest absolute Gasteiger partial charge is 0.265 e. The quantitative estimate of drug-likeness (QED) is 0.619. The summed E-state index contributed by atoms with van der Waals surface area (Å²) in [5.74, 6) is 0.630. The van der Waals surface area contributed by atoms with E-state index in [1.165, 1.54) is 23.8 Å². The van der Waals surface area contributed by atoms with Gasteiger partial charge in [0.15, 0.2) is 5.78 Å². The predicted octanol–water partition coefficient (Wildman–Crippen LogP) is 5.09. The Bertz CT molecular complexity index is 911. The van der Waals surface area contributed by atoms with Crippen LogP contribution in [-0.2, 0) is 6.61 Å². The van der Waals surface area contributed by atoms with E-state index in [1.54, 1.807) is 24.3 Å². The molecule has 1 aromatic heterocycles. The molecule has 0 aliphatic rings. The molecule has 0 radical (unpaired) electrons. The third kappa shape index (κ3) is 4.58. The molecule has 0 aliphatic heterocycles. The molecule has 132 valence electrons. The van der Waals surface area contributed by atoms with Gasteiger partial charge in [0.05, 0.1) is 4.88 Å². The number of carbonyl (C=O) groups is 2. The van der Waals surface area contributed by atoms with Gasteiger partial charge in [0.1, 0.15) is 12.4 Å². The van der Waals surface area contributed by atoms with Crippen LogP contribution in [0.3, 0.4) is 0 Å². The van der Waals surface area contributed by atoms with Crippen LogP contribution in [0.2, 0.25) is 0 Å². The molecule has 0 unspecified atom stereocenters. The van der Waals surface area contributed by atoms with Crippen molar-refractivity contribution in [2.24, 2.45) is 0 Å². The predicted molar refractivity (Wildman–Crippen MR) is 104 cm³/mol. The van der Waals surface area contributed by atoms with E-state index in [1.807, 2.05) is 42.6 Å². The molecule has 0 saturated heterocycles. The summed E-state index contributed by atoms with van der Waals surface area (Å²) in [6.07, 6.45) is 0. The number of anilines is 1. The zero-order valence-corrected chi connectivity index (χ0v) is 15.4. The number of Topliss-reactive ketones (excluding diaryl/α,β-unsaturated/α-hetero) is 1. The van der Waals surface area contributed by atoms with E-state index in [9.17, 15) is 9.59 Å². The summed E-state index contributed by atoms with van der Waals surface area (Å²) in [6, 6.07) is 16.5. The summed E-state index contributed by atoms with van der Waals surface area (Å²) in [5.41, 5.74) is 3.41. The molecule has 5 heteroatoms. The Morgan fingerprint density at radius 3 is 2.38 bits per heavy atom. The number of ether oxygens (including phenoxy) is 1. The van der Waals surface area contributed by atoms with Crippen LogP contribution in [-0.4, -0.2) is 11.7 Å². The van der Waals surface area contributed by atoms with Crippen molar-refractivity contribution in [1.29, 1.82) is 0 Å². The zero-order valence-electron chi connectivity index (χ0n) is 14.6. The highest BCUT2D eigenvalue weighted by atomic mass is 32.1. The van der Waals surface area contributed by atoms with Gasteiger partial charge in [-0.1, -0.05) is 17.7 Å². The average molecular weight is 365 g/mol. The molecule has 1 N–H and O–H groups in total. The van der Waals surface area contributed by atoms with Gasteiger partial charge in [0.2, 0.25) is 0 Å². The zero-order chi connectivity index (χ0) is 18.5. The Morgan fingerprint density at radius 1 is 1.04 bits per heavy atom. The van der Waals surface area contributed by atoms with Crippen molar-refractivity contribution < 1.29 is 14.3 Å². The summed E-state index contributed by atoms with van der Waals surface area (Å²) >= 11 is 1.38. The first kappa shape index (κ1) is 17.9. The highest BCUT2D eigenvalue weighted by Crippen LogP contribution is 2.20. The monoisotopic (exact) mass is 365 g/mol. The second-order valence-corrected chi connectivity index (χ2v) is 6.92. The van der Waals surface area contributed by atoms with Gasteiger partial charge in [-0.3, -0.25) is 9.59 Å². The van der Waals surface area contributed by atoms with Crippen LogP contribution in [0.15, 0.2) is 60.0 Å². The van der Waals surface area contributed by atoms with E-state index in [4.69, 9.17) is 4.74 Å². The first-order valence-electron chi connectivity index (χ1n) is 8.20. The third-order valence-electron chi connectivity index (χ3n) is 3.85. The topological polar surface area (TPSA) is 55.4 Å². The van der Waals surface area contributed by atoms with Crippen molar-refractivity contribution in [2.75, 3.05) is 5.32 Å². The van der Waals surface area contributed by atoms with E-state index in [0.29, 0.717) is 22.7 Å². The molecule has 0 fully saturated rings.